The van der Waals surface area contributed by atoms with E-state index in [1.54, 1.807) is 19.1 Å². The van der Waals surface area contributed by atoms with Crippen LogP contribution in [0.4, 0.5) is 11.4 Å². The molecule has 8 heteroatoms. The summed E-state index contributed by atoms with van der Waals surface area (Å²) in [6.45, 7) is 11.9. The number of carbonyl (C=O) groups is 1. The third kappa shape index (κ3) is 6.70. The second-order valence-corrected chi connectivity index (χ2v) is 12.5. The van der Waals surface area contributed by atoms with E-state index < -0.39 is 11.6 Å². The van der Waals surface area contributed by atoms with Crippen molar-refractivity contribution in [3.8, 4) is 11.3 Å². The first kappa shape index (κ1) is 31.0. The quantitative estimate of drug-likeness (QED) is 0.139. The summed E-state index contributed by atoms with van der Waals surface area (Å²) in [5, 5.41) is 15.3. The third-order valence-electron chi connectivity index (χ3n) is 7.74. The van der Waals surface area contributed by atoms with Crippen molar-refractivity contribution in [2.45, 2.75) is 78.7 Å². The van der Waals surface area contributed by atoms with E-state index in [0.29, 0.717) is 40.2 Å². The fourth-order valence-corrected chi connectivity index (χ4v) is 5.57. The predicted molar refractivity (Wildman–Crippen MR) is 176 cm³/mol. The number of hydrogen-bond donors (Lipinski definition) is 3. The first-order valence-electron chi connectivity index (χ1n) is 15.1. The molecule has 1 aliphatic heterocycles. The molecule has 0 aliphatic carbocycles. The highest BCUT2D eigenvalue weighted by atomic mass is 16.6. The van der Waals surface area contributed by atoms with Crippen LogP contribution in [0.5, 0.6) is 0 Å². The van der Waals surface area contributed by atoms with E-state index >= 15 is 0 Å². The molecular weight excluding hydrogens is 554 g/mol. The summed E-state index contributed by atoms with van der Waals surface area (Å²) in [5.41, 5.74) is 5.24. The number of nitrogens with one attached hydrogen (secondary N) is 3. The van der Waals surface area contributed by atoms with Gasteiger partial charge in [-0.05, 0) is 90.6 Å². The van der Waals surface area contributed by atoms with Gasteiger partial charge in [0.05, 0.1) is 17.0 Å². The number of carbonyl (C=O) groups excluding carboxylic acids is 1. The largest absolute Gasteiger partial charge is 0.456 e. The van der Waals surface area contributed by atoms with Gasteiger partial charge in [-0.3, -0.25) is 4.79 Å². The lowest BCUT2D eigenvalue weighted by molar-refractivity contribution is 0.00705. The Morgan fingerprint density at radius 3 is 2.55 bits per heavy atom. The maximum absolute atomic E-state index is 13.8. The topological polar surface area (TPSA) is 114 Å². The minimum atomic E-state index is -0.629. The molecule has 230 valence electrons. The summed E-state index contributed by atoms with van der Waals surface area (Å²) in [5.74, 6) is 0.0563. The minimum Gasteiger partial charge on any atom is -0.456 e. The molecule has 0 amide bonds. The summed E-state index contributed by atoms with van der Waals surface area (Å²) in [6, 6.07) is 16.4. The zero-order valence-corrected chi connectivity index (χ0v) is 26.3. The number of benzene rings is 3. The van der Waals surface area contributed by atoms with Crippen molar-refractivity contribution in [3.63, 3.8) is 0 Å². The van der Waals surface area contributed by atoms with Gasteiger partial charge in [-0.1, -0.05) is 30.3 Å². The Hall–Kier alpha value is -4.43. The Labute approximate surface area is 258 Å². The van der Waals surface area contributed by atoms with E-state index in [9.17, 15) is 9.59 Å². The zero-order valence-electron chi connectivity index (χ0n) is 26.3. The molecule has 3 N–H and O–H groups in total. The number of para-hydroxylation sites is 1. The van der Waals surface area contributed by atoms with Gasteiger partial charge in [0.15, 0.2) is 5.43 Å². The molecule has 44 heavy (non-hydrogen) atoms. The van der Waals surface area contributed by atoms with Crippen LogP contribution < -0.4 is 16.1 Å². The summed E-state index contributed by atoms with van der Waals surface area (Å²) in [6.07, 6.45) is 4.18. The lowest BCUT2D eigenvalue weighted by atomic mass is 9.98. The molecule has 2 atom stereocenters. The number of anilines is 2. The van der Waals surface area contributed by atoms with Crippen LogP contribution in [0, 0.1) is 19.3 Å². The highest BCUT2D eigenvalue weighted by Crippen LogP contribution is 2.34. The van der Waals surface area contributed by atoms with Gasteiger partial charge in [-0.15, -0.1) is 0 Å². The van der Waals surface area contributed by atoms with Crippen LogP contribution in [-0.4, -0.2) is 30.6 Å². The molecule has 0 radical (unpaired) electrons. The SMILES string of the molecule is Cc1cc(C(C)Nc2ccccc2C(=O)OC(C)(C)C)c2oc(-c3ccc(C=N)c(NC4CCCCO4)c3)c(C)c(=O)c2c1. The van der Waals surface area contributed by atoms with Crippen LogP contribution in [0.3, 0.4) is 0 Å². The lowest BCUT2D eigenvalue weighted by Gasteiger charge is -2.25. The number of hydrogen-bond acceptors (Lipinski definition) is 8. The molecule has 8 nitrogen and oxygen atoms in total. The van der Waals surface area contributed by atoms with Gasteiger partial charge in [0.2, 0.25) is 0 Å². The van der Waals surface area contributed by atoms with E-state index in [4.69, 9.17) is 19.3 Å². The normalized spacial score (nSPS) is 15.9. The van der Waals surface area contributed by atoms with Crippen molar-refractivity contribution >= 4 is 34.5 Å². The molecule has 2 unspecified atom stereocenters. The molecule has 3 aromatic carbocycles. The number of aryl methyl sites for hydroxylation is 1. The van der Waals surface area contributed by atoms with Crippen LogP contribution >= 0.6 is 0 Å². The number of esters is 1. The molecule has 0 saturated carbocycles. The van der Waals surface area contributed by atoms with Crippen molar-refractivity contribution in [1.29, 1.82) is 5.41 Å². The van der Waals surface area contributed by atoms with Gasteiger partial charge in [0.25, 0.3) is 0 Å². The first-order chi connectivity index (χ1) is 20.9. The smallest absolute Gasteiger partial charge is 0.340 e. The molecule has 5 rings (SSSR count). The second kappa shape index (κ2) is 12.7. The molecule has 1 fully saturated rings. The molecule has 1 aliphatic rings. The van der Waals surface area contributed by atoms with Gasteiger partial charge in [0.1, 0.15) is 23.2 Å². The van der Waals surface area contributed by atoms with Crippen molar-refractivity contribution in [3.05, 3.63) is 92.6 Å². The van der Waals surface area contributed by atoms with Crippen molar-refractivity contribution in [2.24, 2.45) is 0 Å². The van der Waals surface area contributed by atoms with Crippen LogP contribution in [0.15, 0.2) is 63.8 Å². The monoisotopic (exact) mass is 595 g/mol. The van der Waals surface area contributed by atoms with Crippen LogP contribution in [0.2, 0.25) is 0 Å². The van der Waals surface area contributed by atoms with Gasteiger partial charge in [0, 0.05) is 46.5 Å². The Bertz CT molecular complexity index is 1760. The number of fused-ring (bicyclic) bond motifs is 1. The Balaban J connectivity index is 1.56. The van der Waals surface area contributed by atoms with Gasteiger partial charge in [-0.2, -0.15) is 0 Å². The summed E-state index contributed by atoms with van der Waals surface area (Å²) in [7, 11) is 0. The fraction of sp³-hybridized carbons (Fsp3) is 0.361. The molecule has 4 aromatic rings. The van der Waals surface area contributed by atoms with Crippen molar-refractivity contribution in [2.75, 3.05) is 17.2 Å². The van der Waals surface area contributed by atoms with Crippen LogP contribution in [-0.2, 0) is 9.47 Å². The molecule has 0 bridgehead atoms. The third-order valence-corrected chi connectivity index (χ3v) is 7.74. The Morgan fingerprint density at radius 1 is 1.07 bits per heavy atom. The first-order valence-corrected chi connectivity index (χ1v) is 15.1. The highest BCUT2D eigenvalue weighted by molar-refractivity contribution is 5.96. The van der Waals surface area contributed by atoms with E-state index in [1.165, 1.54) is 6.21 Å². The molecule has 1 saturated heterocycles. The maximum Gasteiger partial charge on any atom is 0.340 e. The van der Waals surface area contributed by atoms with E-state index in [0.717, 1.165) is 47.2 Å². The molecule has 1 aromatic heterocycles. The van der Waals surface area contributed by atoms with Crippen LogP contribution in [0.1, 0.15) is 85.6 Å². The van der Waals surface area contributed by atoms with E-state index in [-0.39, 0.29) is 17.7 Å². The minimum absolute atomic E-state index is 0.103. The van der Waals surface area contributed by atoms with Crippen molar-refractivity contribution in [1.82, 2.24) is 0 Å². The molecule has 2 heterocycles. The van der Waals surface area contributed by atoms with E-state index in [1.807, 2.05) is 77.1 Å². The summed E-state index contributed by atoms with van der Waals surface area (Å²) in [4.78, 5) is 26.8. The van der Waals surface area contributed by atoms with Gasteiger partial charge < -0.3 is 29.9 Å². The van der Waals surface area contributed by atoms with Gasteiger partial charge in [-0.25, -0.2) is 4.79 Å². The fourth-order valence-electron chi connectivity index (χ4n) is 5.57. The molecular formula is C36H41N3O5. The highest BCUT2D eigenvalue weighted by Gasteiger charge is 2.24. The van der Waals surface area contributed by atoms with Crippen molar-refractivity contribution < 1.29 is 18.7 Å². The Kier molecular flexibility index (Phi) is 8.92. The number of ether oxygens (including phenoxy) is 2. The standard InChI is InChI=1S/C36H41N3O5/c1-21-17-27(23(3)38-29-12-8-7-11-26(29)35(41)44-36(4,5)6)34-28(18-21)32(40)22(2)33(43-34)24-14-15-25(20-37)30(19-24)39-31-13-9-10-16-42-31/h7-8,11-12,14-15,17-20,23,31,37-39H,9-10,13,16H2,1-6H3. The average Bonchev–Trinajstić information content (AvgIpc) is 2.98. The van der Waals surface area contributed by atoms with E-state index in [2.05, 4.69) is 10.6 Å². The Morgan fingerprint density at radius 2 is 1.84 bits per heavy atom. The lowest BCUT2D eigenvalue weighted by Crippen LogP contribution is -2.27. The van der Waals surface area contributed by atoms with Gasteiger partial charge >= 0.3 is 5.97 Å². The summed E-state index contributed by atoms with van der Waals surface area (Å²) < 4.78 is 18.1. The predicted octanol–water partition coefficient (Wildman–Crippen LogP) is 8.14. The summed E-state index contributed by atoms with van der Waals surface area (Å²) >= 11 is 0. The molecule has 0 spiro atoms. The second-order valence-electron chi connectivity index (χ2n) is 12.5. The zero-order chi connectivity index (χ0) is 31.6. The maximum atomic E-state index is 13.8. The average molecular weight is 596 g/mol. The van der Waals surface area contributed by atoms with Crippen LogP contribution in [0.25, 0.3) is 22.3 Å². The number of rotatable bonds is 8.